The van der Waals surface area contributed by atoms with Gasteiger partial charge in [0.2, 0.25) is 0 Å². The van der Waals surface area contributed by atoms with Crippen molar-refractivity contribution in [2.75, 3.05) is 0 Å². The van der Waals surface area contributed by atoms with E-state index in [-0.39, 0.29) is 11.5 Å². The highest BCUT2D eigenvalue weighted by molar-refractivity contribution is 6.43. The van der Waals surface area contributed by atoms with Gasteiger partial charge in [0, 0.05) is 6.92 Å². The number of hydrogen-bond acceptors (Lipinski definition) is 3. The molecule has 0 fully saturated rings. The molecule has 2 aromatic rings. The van der Waals surface area contributed by atoms with Crippen LogP contribution in [0.3, 0.4) is 0 Å². The van der Waals surface area contributed by atoms with Crippen molar-refractivity contribution in [1.29, 1.82) is 0 Å². The molecule has 0 N–H and O–H groups in total. The Morgan fingerprint density at radius 1 is 1.38 bits per heavy atom. The fourth-order valence-corrected chi connectivity index (χ4v) is 1.59. The molecule has 0 amide bonds. The molecule has 0 unspecified atom stereocenters. The van der Waals surface area contributed by atoms with Crippen LogP contribution in [0.4, 0.5) is 0 Å². The van der Waals surface area contributed by atoms with Gasteiger partial charge in [-0.05, 0) is 12.1 Å². The van der Waals surface area contributed by atoms with E-state index in [9.17, 15) is 4.79 Å². The van der Waals surface area contributed by atoms with Gasteiger partial charge < -0.3 is 0 Å². The Morgan fingerprint density at radius 2 is 2.12 bits per heavy atom. The topological polar surface area (TPSA) is 47.8 Å². The number of hydrogen-bond donors (Lipinski definition) is 0. The third kappa shape index (κ3) is 1.94. The Labute approximate surface area is 102 Å². The molecule has 0 aliphatic rings. The quantitative estimate of drug-likeness (QED) is 0.776. The van der Waals surface area contributed by atoms with Crippen LogP contribution in [-0.4, -0.2) is 20.8 Å². The van der Waals surface area contributed by atoms with Gasteiger partial charge in [0.25, 0.3) is 0 Å². The van der Waals surface area contributed by atoms with Gasteiger partial charge in [-0.1, -0.05) is 34.5 Å². The molecule has 0 radical (unpaired) electrons. The van der Waals surface area contributed by atoms with Crippen molar-refractivity contribution in [1.82, 2.24) is 15.0 Å². The van der Waals surface area contributed by atoms with Crippen LogP contribution >= 0.6 is 23.2 Å². The van der Waals surface area contributed by atoms with Crippen LogP contribution in [0.5, 0.6) is 0 Å². The van der Waals surface area contributed by atoms with Crippen LogP contribution in [0.15, 0.2) is 24.4 Å². The van der Waals surface area contributed by atoms with Crippen molar-refractivity contribution < 1.29 is 4.79 Å². The van der Waals surface area contributed by atoms with Crippen LogP contribution in [-0.2, 0) is 0 Å². The normalized spacial score (nSPS) is 10.4. The fourth-order valence-electron chi connectivity index (χ4n) is 1.21. The summed E-state index contributed by atoms with van der Waals surface area (Å²) in [7, 11) is 0. The number of halogens is 2. The molecule has 6 heteroatoms. The number of carbonyl (C=O) groups is 1. The number of benzene rings is 1. The Balaban J connectivity index is 2.50. The Kier molecular flexibility index (Phi) is 2.94. The SMILES string of the molecule is CC(=O)c1cn(-c2cccc(Cl)c2Cl)nn1. The summed E-state index contributed by atoms with van der Waals surface area (Å²) >= 11 is 11.9. The minimum Gasteiger partial charge on any atom is -0.293 e. The summed E-state index contributed by atoms with van der Waals surface area (Å²) in [5.41, 5.74) is 0.880. The molecule has 82 valence electrons. The lowest BCUT2D eigenvalue weighted by Crippen LogP contribution is -1.96. The Hall–Kier alpha value is -1.39. The van der Waals surface area contributed by atoms with E-state index in [2.05, 4.69) is 10.3 Å². The average Bonchev–Trinajstić information content (AvgIpc) is 2.71. The van der Waals surface area contributed by atoms with Crippen molar-refractivity contribution in [3.8, 4) is 5.69 Å². The van der Waals surface area contributed by atoms with Crippen LogP contribution in [0.2, 0.25) is 10.0 Å². The number of Topliss-reactive ketones (excluding diaryl/α,β-unsaturated/α-hetero) is 1. The number of ketones is 1. The van der Waals surface area contributed by atoms with Crippen LogP contribution in [0.25, 0.3) is 5.69 Å². The second-order valence-corrected chi connectivity index (χ2v) is 3.96. The first kappa shape index (κ1) is 11.1. The third-order valence-corrected chi connectivity index (χ3v) is 2.84. The van der Waals surface area contributed by atoms with Crippen molar-refractivity contribution in [2.45, 2.75) is 6.92 Å². The highest BCUT2D eigenvalue weighted by Gasteiger charge is 2.10. The van der Waals surface area contributed by atoms with Gasteiger partial charge >= 0.3 is 0 Å². The summed E-state index contributed by atoms with van der Waals surface area (Å²) in [6.45, 7) is 1.42. The summed E-state index contributed by atoms with van der Waals surface area (Å²) in [5, 5.41) is 8.35. The van der Waals surface area contributed by atoms with Gasteiger partial charge in [0.05, 0.1) is 21.9 Å². The summed E-state index contributed by atoms with van der Waals surface area (Å²) in [6, 6.07) is 5.17. The van der Waals surface area contributed by atoms with Crippen LogP contribution in [0, 0.1) is 0 Å². The van der Waals surface area contributed by atoms with E-state index < -0.39 is 0 Å². The minimum absolute atomic E-state index is 0.149. The molecule has 16 heavy (non-hydrogen) atoms. The molecule has 1 aromatic heterocycles. The summed E-state index contributed by atoms with van der Waals surface area (Å²) < 4.78 is 1.42. The van der Waals surface area contributed by atoms with E-state index in [0.717, 1.165) is 0 Å². The van der Waals surface area contributed by atoms with Gasteiger partial charge in [-0.25, -0.2) is 4.68 Å². The first-order chi connectivity index (χ1) is 7.59. The first-order valence-corrected chi connectivity index (χ1v) is 5.23. The first-order valence-electron chi connectivity index (χ1n) is 4.47. The number of carbonyl (C=O) groups excluding carboxylic acids is 1. The van der Waals surface area contributed by atoms with Gasteiger partial charge in [-0.3, -0.25) is 4.79 Å². The van der Waals surface area contributed by atoms with Crippen molar-refractivity contribution in [3.63, 3.8) is 0 Å². The molecule has 0 bridgehead atoms. The summed E-state index contributed by atoms with van der Waals surface area (Å²) in [5.74, 6) is -0.149. The molecule has 0 saturated carbocycles. The number of rotatable bonds is 2. The zero-order valence-corrected chi connectivity index (χ0v) is 9.83. The zero-order valence-electron chi connectivity index (χ0n) is 8.32. The second kappa shape index (κ2) is 4.23. The molecule has 0 saturated heterocycles. The van der Waals surface area contributed by atoms with E-state index in [1.165, 1.54) is 17.8 Å². The molecule has 1 heterocycles. The Bertz CT molecular complexity index is 551. The molecular weight excluding hydrogens is 249 g/mol. The highest BCUT2D eigenvalue weighted by atomic mass is 35.5. The molecule has 4 nitrogen and oxygen atoms in total. The molecular formula is C10H7Cl2N3O. The van der Waals surface area contributed by atoms with E-state index in [1.807, 2.05) is 0 Å². The Morgan fingerprint density at radius 3 is 2.75 bits per heavy atom. The standard InChI is InChI=1S/C10H7Cl2N3O/c1-6(16)8-5-15(14-13-8)9-4-2-3-7(11)10(9)12/h2-5H,1H3. The maximum Gasteiger partial charge on any atom is 0.181 e. The van der Waals surface area contributed by atoms with Crippen molar-refractivity contribution >= 4 is 29.0 Å². The van der Waals surface area contributed by atoms with Crippen molar-refractivity contribution in [2.24, 2.45) is 0 Å². The lowest BCUT2D eigenvalue weighted by molar-refractivity contribution is 0.101. The van der Waals surface area contributed by atoms with Crippen LogP contribution in [0.1, 0.15) is 17.4 Å². The second-order valence-electron chi connectivity index (χ2n) is 3.18. The molecule has 0 aliphatic heterocycles. The summed E-state index contributed by atoms with van der Waals surface area (Å²) in [4.78, 5) is 11.1. The average molecular weight is 256 g/mol. The maximum absolute atomic E-state index is 11.1. The maximum atomic E-state index is 11.1. The molecule has 0 spiro atoms. The molecule has 1 aromatic carbocycles. The highest BCUT2D eigenvalue weighted by Crippen LogP contribution is 2.27. The van der Waals surface area contributed by atoms with E-state index in [4.69, 9.17) is 23.2 Å². The summed E-state index contributed by atoms with van der Waals surface area (Å²) in [6.07, 6.45) is 1.51. The predicted octanol–water partition coefficient (Wildman–Crippen LogP) is 2.78. The van der Waals surface area contributed by atoms with E-state index >= 15 is 0 Å². The number of nitrogens with zero attached hydrogens (tertiary/aromatic N) is 3. The minimum atomic E-state index is -0.149. The molecule has 0 atom stereocenters. The zero-order chi connectivity index (χ0) is 11.7. The monoisotopic (exact) mass is 255 g/mol. The number of aromatic nitrogens is 3. The lowest BCUT2D eigenvalue weighted by atomic mass is 10.3. The van der Waals surface area contributed by atoms with Gasteiger partial charge in [0.15, 0.2) is 5.78 Å². The lowest BCUT2D eigenvalue weighted by Gasteiger charge is -2.03. The van der Waals surface area contributed by atoms with Gasteiger partial charge in [0.1, 0.15) is 5.69 Å². The van der Waals surface area contributed by atoms with Gasteiger partial charge in [-0.2, -0.15) is 0 Å². The van der Waals surface area contributed by atoms with Gasteiger partial charge in [-0.15, -0.1) is 5.10 Å². The van der Waals surface area contributed by atoms with E-state index in [1.54, 1.807) is 18.2 Å². The third-order valence-electron chi connectivity index (χ3n) is 2.03. The molecule has 2 rings (SSSR count). The van der Waals surface area contributed by atoms with Crippen molar-refractivity contribution in [3.05, 3.63) is 40.1 Å². The van der Waals surface area contributed by atoms with E-state index in [0.29, 0.717) is 15.7 Å². The predicted molar refractivity (Wildman–Crippen MR) is 61.4 cm³/mol. The smallest absolute Gasteiger partial charge is 0.181 e. The van der Waals surface area contributed by atoms with Crippen LogP contribution < -0.4 is 0 Å². The molecule has 0 aliphatic carbocycles. The fraction of sp³-hybridized carbons (Fsp3) is 0.100. The largest absolute Gasteiger partial charge is 0.293 e.